The lowest BCUT2D eigenvalue weighted by molar-refractivity contribution is 0.215. The van der Waals surface area contributed by atoms with Gasteiger partial charge in [-0.1, -0.05) is 30.3 Å². The maximum atomic E-state index is 11.8. The predicted octanol–water partition coefficient (Wildman–Crippen LogP) is 3.89. The van der Waals surface area contributed by atoms with E-state index in [9.17, 15) is 4.79 Å². The van der Waals surface area contributed by atoms with Crippen molar-refractivity contribution >= 4 is 11.8 Å². The summed E-state index contributed by atoms with van der Waals surface area (Å²) >= 11 is 0. The van der Waals surface area contributed by atoms with Crippen LogP contribution in [0.4, 0.5) is 10.5 Å². The van der Waals surface area contributed by atoms with E-state index in [4.69, 9.17) is 4.74 Å². The van der Waals surface area contributed by atoms with Crippen molar-refractivity contribution in [2.45, 2.75) is 19.4 Å². The first-order chi connectivity index (χ1) is 10.8. The van der Waals surface area contributed by atoms with Gasteiger partial charge in [0.05, 0.1) is 0 Å². The van der Waals surface area contributed by atoms with Crippen molar-refractivity contribution in [2.75, 3.05) is 18.4 Å². The Bertz CT molecular complexity index is 605. The molecular formula is C18H20N2O2. The molecule has 0 saturated carbocycles. The second-order valence-electron chi connectivity index (χ2n) is 5.51. The van der Waals surface area contributed by atoms with E-state index in [1.165, 1.54) is 31.5 Å². The van der Waals surface area contributed by atoms with Gasteiger partial charge in [-0.15, -0.1) is 0 Å². The fraction of sp³-hybridized carbons (Fsp3) is 0.278. The molecule has 0 atom stereocenters. The van der Waals surface area contributed by atoms with Gasteiger partial charge >= 0.3 is 6.09 Å². The second-order valence-corrected chi connectivity index (χ2v) is 5.51. The number of anilines is 1. The number of rotatable bonds is 4. The number of likely N-dealkylation sites (tertiary alicyclic amines) is 1. The Morgan fingerprint density at radius 3 is 2.36 bits per heavy atom. The van der Waals surface area contributed by atoms with Gasteiger partial charge in [0.2, 0.25) is 0 Å². The normalized spacial score (nSPS) is 14.7. The van der Waals surface area contributed by atoms with E-state index in [1.54, 1.807) is 12.1 Å². The predicted molar refractivity (Wildman–Crippen MR) is 87.0 cm³/mol. The Hall–Kier alpha value is -2.33. The molecule has 0 unspecified atom stereocenters. The van der Waals surface area contributed by atoms with E-state index in [0.29, 0.717) is 5.75 Å². The first-order valence-corrected chi connectivity index (χ1v) is 7.65. The van der Waals surface area contributed by atoms with Gasteiger partial charge in [-0.2, -0.15) is 0 Å². The van der Waals surface area contributed by atoms with Crippen LogP contribution in [-0.2, 0) is 6.54 Å². The minimum atomic E-state index is -0.474. The van der Waals surface area contributed by atoms with Gasteiger partial charge in [0.15, 0.2) is 0 Å². The quantitative estimate of drug-likeness (QED) is 0.930. The summed E-state index contributed by atoms with van der Waals surface area (Å²) < 4.78 is 5.20. The number of nitrogens with zero attached hydrogens (tertiary/aromatic N) is 1. The number of amides is 1. The Balaban J connectivity index is 1.53. The molecule has 2 aromatic carbocycles. The standard InChI is InChI=1S/C18H20N2O2/c21-18(22-17-6-2-1-3-7-17)19-16-10-8-15(9-11-16)14-20-12-4-5-13-20/h1-3,6-11H,4-5,12-14H2,(H,19,21). The number of nitrogens with one attached hydrogen (secondary N) is 1. The molecule has 1 fully saturated rings. The number of benzene rings is 2. The van der Waals surface area contributed by atoms with Gasteiger partial charge in [0.1, 0.15) is 5.75 Å². The van der Waals surface area contributed by atoms with E-state index in [-0.39, 0.29) is 0 Å². The lowest BCUT2D eigenvalue weighted by Gasteiger charge is -2.14. The summed E-state index contributed by atoms with van der Waals surface area (Å²) in [6, 6.07) is 17.0. The van der Waals surface area contributed by atoms with Crippen LogP contribution in [0.3, 0.4) is 0 Å². The van der Waals surface area contributed by atoms with Crippen LogP contribution in [-0.4, -0.2) is 24.1 Å². The number of ether oxygens (including phenoxy) is 1. The molecule has 4 nitrogen and oxygen atoms in total. The fourth-order valence-corrected chi connectivity index (χ4v) is 2.63. The molecule has 3 rings (SSSR count). The van der Waals surface area contributed by atoms with Crippen LogP contribution in [0.15, 0.2) is 54.6 Å². The van der Waals surface area contributed by atoms with Crippen LogP contribution >= 0.6 is 0 Å². The highest BCUT2D eigenvalue weighted by Gasteiger charge is 2.11. The SMILES string of the molecule is O=C(Nc1ccc(CN2CCCC2)cc1)Oc1ccccc1. The van der Waals surface area contributed by atoms with Crippen molar-refractivity contribution in [3.05, 3.63) is 60.2 Å². The van der Waals surface area contributed by atoms with E-state index < -0.39 is 6.09 Å². The van der Waals surface area contributed by atoms with Gasteiger partial charge in [0.25, 0.3) is 0 Å². The number of hydrogen-bond donors (Lipinski definition) is 1. The Kier molecular flexibility index (Phi) is 4.71. The van der Waals surface area contributed by atoms with Gasteiger partial charge in [-0.3, -0.25) is 10.2 Å². The van der Waals surface area contributed by atoms with Gasteiger partial charge in [-0.05, 0) is 55.8 Å². The highest BCUT2D eigenvalue weighted by molar-refractivity contribution is 5.86. The van der Waals surface area contributed by atoms with Gasteiger partial charge in [0, 0.05) is 12.2 Å². The van der Waals surface area contributed by atoms with E-state index in [0.717, 1.165) is 12.2 Å². The van der Waals surface area contributed by atoms with E-state index in [1.807, 2.05) is 30.3 Å². The molecule has 1 aliphatic heterocycles. The van der Waals surface area contributed by atoms with Crippen molar-refractivity contribution in [3.8, 4) is 5.75 Å². The minimum absolute atomic E-state index is 0.474. The molecule has 1 heterocycles. The maximum absolute atomic E-state index is 11.8. The monoisotopic (exact) mass is 296 g/mol. The smallest absolute Gasteiger partial charge is 0.410 e. The zero-order valence-electron chi connectivity index (χ0n) is 12.5. The third kappa shape index (κ3) is 4.09. The maximum Gasteiger partial charge on any atom is 0.417 e. The summed E-state index contributed by atoms with van der Waals surface area (Å²) in [6.45, 7) is 3.35. The molecule has 0 aromatic heterocycles. The molecule has 0 aliphatic carbocycles. The molecule has 1 N–H and O–H groups in total. The van der Waals surface area contributed by atoms with Crippen molar-refractivity contribution < 1.29 is 9.53 Å². The number of hydrogen-bond acceptors (Lipinski definition) is 3. The molecule has 1 saturated heterocycles. The molecule has 1 amide bonds. The lowest BCUT2D eigenvalue weighted by Crippen LogP contribution is -2.18. The lowest BCUT2D eigenvalue weighted by atomic mass is 10.2. The van der Waals surface area contributed by atoms with Gasteiger partial charge < -0.3 is 4.74 Å². The average molecular weight is 296 g/mol. The van der Waals surface area contributed by atoms with Crippen molar-refractivity contribution in [3.63, 3.8) is 0 Å². The molecular weight excluding hydrogens is 276 g/mol. The Labute approximate surface area is 130 Å². The largest absolute Gasteiger partial charge is 0.417 e. The first kappa shape index (κ1) is 14.6. The summed E-state index contributed by atoms with van der Waals surface area (Å²) in [5, 5.41) is 2.74. The van der Waals surface area contributed by atoms with Crippen LogP contribution in [0.5, 0.6) is 5.75 Å². The van der Waals surface area contributed by atoms with E-state index >= 15 is 0 Å². The average Bonchev–Trinajstić information content (AvgIpc) is 3.03. The molecule has 22 heavy (non-hydrogen) atoms. The van der Waals surface area contributed by atoms with Crippen LogP contribution in [0.25, 0.3) is 0 Å². The minimum Gasteiger partial charge on any atom is -0.410 e. The summed E-state index contributed by atoms with van der Waals surface area (Å²) in [7, 11) is 0. The van der Waals surface area contributed by atoms with Crippen LogP contribution < -0.4 is 10.1 Å². The summed E-state index contributed by atoms with van der Waals surface area (Å²) in [5.41, 5.74) is 2.01. The third-order valence-corrected chi connectivity index (χ3v) is 3.76. The third-order valence-electron chi connectivity index (χ3n) is 3.76. The number of carbonyl (C=O) groups excluding carboxylic acids is 1. The van der Waals surface area contributed by atoms with Crippen molar-refractivity contribution in [2.24, 2.45) is 0 Å². The zero-order valence-corrected chi connectivity index (χ0v) is 12.5. The highest BCUT2D eigenvalue weighted by atomic mass is 16.6. The van der Waals surface area contributed by atoms with Crippen molar-refractivity contribution in [1.29, 1.82) is 0 Å². The molecule has 2 aromatic rings. The zero-order chi connectivity index (χ0) is 15.2. The van der Waals surface area contributed by atoms with E-state index in [2.05, 4.69) is 22.3 Å². The fourth-order valence-electron chi connectivity index (χ4n) is 2.63. The van der Waals surface area contributed by atoms with Crippen LogP contribution in [0.2, 0.25) is 0 Å². The van der Waals surface area contributed by atoms with Crippen molar-refractivity contribution in [1.82, 2.24) is 4.90 Å². The first-order valence-electron chi connectivity index (χ1n) is 7.65. The molecule has 4 heteroatoms. The Morgan fingerprint density at radius 1 is 1.00 bits per heavy atom. The molecule has 1 aliphatic rings. The second kappa shape index (κ2) is 7.09. The van der Waals surface area contributed by atoms with Crippen LogP contribution in [0.1, 0.15) is 18.4 Å². The summed E-state index contributed by atoms with van der Waals surface area (Å²) in [5.74, 6) is 0.533. The van der Waals surface area contributed by atoms with Crippen LogP contribution in [0, 0.1) is 0 Å². The van der Waals surface area contributed by atoms with Gasteiger partial charge in [-0.25, -0.2) is 4.79 Å². The Morgan fingerprint density at radius 2 is 1.68 bits per heavy atom. The molecule has 0 spiro atoms. The highest BCUT2D eigenvalue weighted by Crippen LogP contribution is 2.16. The molecule has 0 radical (unpaired) electrons. The molecule has 0 bridgehead atoms. The summed E-state index contributed by atoms with van der Waals surface area (Å²) in [6.07, 6.45) is 2.12. The topological polar surface area (TPSA) is 41.6 Å². The summed E-state index contributed by atoms with van der Waals surface area (Å²) in [4.78, 5) is 14.3. The number of carbonyl (C=O) groups is 1. The molecule has 114 valence electrons. The number of para-hydroxylation sites is 1.